The molecule has 0 radical (unpaired) electrons. The minimum atomic E-state index is -4.04. The van der Waals surface area contributed by atoms with E-state index in [1.807, 2.05) is 0 Å². The van der Waals surface area contributed by atoms with Crippen LogP contribution in [0.3, 0.4) is 0 Å². The molecule has 1 aromatic heterocycles. The number of nitrogens with zero attached hydrogens (tertiary/aromatic N) is 1. The third kappa shape index (κ3) is 3.54. The van der Waals surface area contributed by atoms with Crippen molar-refractivity contribution >= 4 is 37.1 Å². The summed E-state index contributed by atoms with van der Waals surface area (Å²) in [5, 5.41) is 4.47. The molecule has 0 unspecified atom stereocenters. The number of amides is 1. The maximum absolute atomic E-state index is 13.0. The van der Waals surface area contributed by atoms with Crippen molar-refractivity contribution in [3.05, 3.63) is 47.5 Å². The zero-order valence-corrected chi connectivity index (χ0v) is 17.3. The van der Waals surface area contributed by atoms with E-state index in [4.69, 9.17) is 5.14 Å². The monoisotopic (exact) mass is 428 g/mol. The molecular formula is C17H20N2O5S3. The van der Waals surface area contributed by atoms with Crippen LogP contribution in [0.25, 0.3) is 0 Å². The molecule has 0 fully saturated rings. The summed E-state index contributed by atoms with van der Waals surface area (Å²) in [6, 6.07) is 9.45. The lowest BCUT2D eigenvalue weighted by molar-refractivity contribution is 0.0673. The van der Waals surface area contributed by atoms with E-state index in [1.165, 1.54) is 6.07 Å². The number of hydrogen-bond acceptors (Lipinski definition) is 6. The summed E-state index contributed by atoms with van der Waals surface area (Å²) in [6.45, 7) is 3.73. The zero-order valence-electron chi connectivity index (χ0n) is 14.8. The molecule has 0 spiro atoms. The minimum absolute atomic E-state index is 0.0189. The van der Waals surface area contributed by atoms with Gasteiger partial charge in [0.25, 0.3) is 5.91 Å². The van der Waals surface area contributed by atoms with Gasteiger partial charge in [0.2, 0.25) is 10.0 Å². The van der Waals surface area contributed by atoms with Gasteiger partial charge in [-0.2, -0.15) is 0 Å². The standard InChI is InChI=1S/C17H20N2O5S3/c1-3-19(16(20)12-7-5-4-6-8-12)14-9-11(2)26(21,22)17-13(14)10-15(25-17)27(18,23)24/h4-8,10-11,14H,3,9H2,1-2H3,(H2,18,23,24)/t11-,14-/m0/s1. The molecule has 10 heteroatoms. The Balaban J connectivity index is 2.13. The maximum atomic E-state index is 13.0. The fourth-order valence-electron chi connectivity index (χ4n) is 3.26. The smallest absolute Gasteiger partial charge is 0.254 e. The molecule has 7 nitrogen and oxygen atoms in total. The van der Waals surface area contributed by atoms with Gasteiger partial charge in [0, 0.05) is 17.7 Å². The minimum Gasteiger partial charge on any atom is -0.332 e. The summed E-state index contributed by atoms with van der Waals surface area (Å²) < 4.78 is 48.7. The molecule has 1 aliphatic heterocycles. The first-order chi connectivity index (χ1) is 12.6. The number of sulfonamides is 1. The first-order valence-electron chi connectivity index (χ1n) is 8.33. The van der Waals surface area contributed by atoms with Crippen LogP contribution in [0.2, 0.25) is 0 Å². The molecule has 1 aliphatic rings. The van der Waals surface area contributed by atoms with Gasteiger partial charge in [-0.1, -0.05) is 18.2 Å². The number of benzene rings is 1. The Morgan fingerprint density at radius 2 is 1.93 bits per heavy atom. The number of rotatable bonds is 4. The Hall–Kier alpha value is -1.75. The van der Waals surface area contributed by atoms with E-state index in [0.29, 0.717) is 29.0 Å². The van der Waals surface area contributed by atoms with Crippen LogP contribution in [0.1, 0.15) is 42.2 Å². The predicted octanol–water partition coefficient (Wildman–Crippen LogP) is 2.16. The number of carbonyl (C=O) groups is 1. The van der Waals surface area contributed by atoms with Crippen molar-refractivity contribution in [1.29, 1.82) is 0 Å². The average molecular weight is 429 g/mol. The first kappa shape index (κ1) is 20.0. The summed E-state index contributed by atoms with van der Waals surface area (Å²) in [5.41, 5.74) is 0.817. The number of thiophene rings is 1. The summed E-state index contributed by atoms with van der Waals surface area (Å²) in [5.74, 6) is -0.232. The van der Waals surface area contributed by atoms with Gasteiger partial charge in [0.1, 0.15) is 8.42 Å². The molecule has 2 heterocycles. The van der Waals surface area contributed by atoms with Crippen molar-refractivity contribution in [3.8, 4) is 0 Å². The highest BCUT2D eigenvalue weighted by Gasteiger charge is 2.42. The first-order valence-corrected chi connectivity index (χ1v) is 12.2. The van der Waals surface area contributed by atoms with Crippen molar-refractivity contribution in [2.75, 3.05) is 6.54 Å². The molecule has 2 atom stereocenters. The van der Waals surface area contributed by atoms with Crippen LogP contribution in [0.4, 0.5) is 0 Å². The molecule has 0 aliphatic carbocycles. The Morgan fingerprint density at radius 3 is 2.48 bits per heavy atom. The Morgan fingerprint density at radius 1 is 1.30 bits per heavy atom. The van der Waals surface area contributed by atoms with Crippen LogP contribution in [0.15, 0.2) is 44.8 Å². The number of sulfone groups is 1. The van der Waals surface area contributed by atoms with E-state index in [-0.39, 0.29) is 20.7 Å². The third-order valence-corrected chi connectivity index (χ3v) is 10.0. The summed E-state index contributed by atoms with van der Waals surface area (Å²) in [4.78, 5) is 14.6. The van der Waals surface area contributed by atoms with E-state index in [1.54, 1.807) is 49.1 Å². The van der Waals surface area contributed by atoms with Crippen LogP contribution in [0.5, 0.6) is 0 Å². The highest BCUT2D eigenvalue weighted by Crippen LogP contribution is 2.45. The summed E-state index contributed by atoms with van der Waals surface area (Å²) in [6.07, 6.45) is 0.197. The van der Waals surface area contributed by atoms with Crippen molar-refractivity contribution < 1.29 is 21.6 Å². The zero-order chi connectivity index (χ0) is 20.0. The van der Waals surface area contributed by atoms with Gasteiger partial charge in [-0.15, -0.1) is 11.3 Å². The van der Waals surface area contributed by atoms with E-state index < -0.39 is 31.2 Å². The lowest BCUT2D eigenvalue weighted by Crippen LogP contribution is -2.40. The Bertz CT molecular complexity index is 1080. The van der Waals surface area contributed by atoms with Crippen molar-refractivity contribution in [1.82, 2.24) is 4.90 Å². The van der Waals surface area contributed by atoms with Crippen molar-refractivity contribution in [2.24, 2.45) is 5.14 Å². The molecular weight excluding hydrogens is 408 g/mol. The largest absolute Gasteiger partial charge is 0.332 e. The Labute approximate surface area is 162 Å². The summed E-state index contributed by atoms with van der Waals surface area (Å²) in [7, 11) is -7.71. The number of nitrogens with two attached hydrogens (primary N) is 1. The van der Waals surface area contributed by atoms with Gasteiger partial charge in [-0.3, -0.25) is 4.79 Å². The van der Waals surface area contributed by atoms with Gasteiger partial charge in [0.05, 0.1) is 11.3 Å². The van der Waals surface area contributed by atoms with E-state index in [9.17, 15) is 21.6 Å². The predicted molar refractivity (Wildman–Crippen MR) is 103 cm³/mol. The fourth-order valence-corrected chi connectivity index (χ4v) is 7.66. The number of carbonyl (C=O) groups excluding carboxylic acids is 1. The third-order valence-electron chi connectivity index (χ3n) is 4.68. The molecule has 0 saturated heterocycles. The van der Waals surface area contributed by atoms with E-state index in [0.717, 1.165) is 0 Å². The second-order valence-corrected chi connectivity index (χ2v) is 11.8. The van der Waals surface area contributed by atoms with Gasteiger partial charge in [0.15, 0.2) is 9.84 Å². The van der Waals surface area contributed by atoms with Crippen LogP contribution in [0, 0.1) is 0 Å². The number of hydrogen-bond donors (Lipinski definition) is 1. The van der Waals surface area contributed by atoms with Gasteiger partial charge in [-0.25, -0.2) is 22.0 Å². The van der Waals surface area contributed by atoms with Crippen molar-refractivity contribution in [3.63, 3.8) is 0 Å². The number of primary sulfonamides is 1. The highest BCUT2D eigenvalue weighted by atomic mass is 32.3. The van der Waals surface area contributed by atoms with Crippen LogP contribution >= 0.6 is 11.3 Å². The topological polar surface area (TPSA) is 115 Å². The second kappa shape index (κ2) is 7.01. The molecule has 27 heavy (non-hydrogen) atoms. The quantitative estimate of drug-likeness (QED) is 0.801. The lowest BCUT2D eigenvalue weighted by Gasteiger charge is -2.36. The van der Waals surface area contributed by atoms with Crippen LogP contribution in [-0.4, -0.2) is 39.4 Å². The van der Waals surface area contributed by atoms with E-state index in [2.05, 4.69) is 0 Å². The van der Waals surface area contributed by atoms with Crippen LogP contribution < -0.4 is 5.14 Å². The molecule has 0 bridgehead atoms. The molecule has 2 N–H and O–H groups in total. The van der Waals surface area contributed by atoms with Gasteiger partial charge < -0.3 is 4.90 Å². The second-order valence-electron chi connectivity index (χ2n) is 6.42. The molecule has 1 aromatic carbocycles. The fraction of sp³-hybridized carbons (Fsp3) is 0.353. The van der Waals surface area contributed by atoms with Crippen LogP contribution in [-0.2, 0) is 19.9 Å². The normalized spacial score (nSPS) is 21.4. The molecule has 146 valence electrons. The van der Waals surface area contributed by atoms with Gasteiger partial charge >= 0.3 is 0 Å². The average Bonchev–Trinajstić information content (AvgIpc) is 3.08. The van der Waals surface area contributed by atoms with Gasteiger partial charge in [-0.05, 0) is 38.5 Å². The molecule has 3 rings (SSSR count). The highest BCUT2D eigenvalue weighted by molar-refractivity contribution is 7.95. The maximum Gasteiger partial charge on any atom is 0.254 e. The molecule has 0 saturated carbocycles. The molecule has 1 amide bonds. The lowest BCUT2D eigenvalue weighted by atomic mass is 10.0. The SMILES string of the molecule is CCN(C(=O)c1ccccc1)[C@H]1C[C@H](C)S(=O)(=O)c2sc(S(N)(=O)=O)cc21. The van der Waals surface area contributed by atoms with Crippen molar-refractivity contribution in [2.45, 2.75) is 40.0 Å². The summed E-state index contributed by atoms with van der Waals surface area (Å²) >= 11 is 0.653. The number of fused-ring (bicyclic) bond motifs is 1. The Kier molecular flexibility index (Phi) is 5.19. The molecule has 2 aromatic rings. The van der Waals surface area contributed by atoms with E-state index >= 15 is 0 Å².